The normalized spacial score (nSPS) is 10.8. The van der Waals surface area contributed by atoms with Gasteiger partial charge in [0.15, 0.2) is 11.5 Å². The molecule has 152 valence electrons. The van der Waals surface area contributed by atoms with Crippen LogP contribution in [0, 0.1) is 0 Å². The van der Waals surface area contributed by atoms with Crippen molar-refractivity contribution in [3.63, 3.8) is 0 Å². The predicted octanol–water partition coefficient (Wildman–Crippen LogP) is 2.31. The van der Waals surface area contributed by atoms with Gasteiger partial charge in [0.1, 0.15) is 11.4 Å². The quantitative estimate of drug-likeness (QED) is 0.659. The van der Waals surface area contributed by atoms with E-state index in [1.165, 1.54) is 65.9 Å². The van der Waals surface area contributed by atoms with Crippen molar-refractivity contribution in [3.05, 3.63) is 35.9 Å². The van der Waals surface area contributed by atoms with Gasteiger partial charge in [0, 0.05) is 6.07 Å². The molecule has 2 aromatic carbocycles. The Labute approximate surface area is 163 Å². The summed E-state index contributed by atoms with van der Waals surface area (Å²) >= 11 is 0. The van der Waals surface area contributed by atoms with E-state index in [9.17, 15) is 13.2 Å². The molecule has 2 rings (SSSR count). The van der Waals surface area contributed by atoms with Crippen LogP contribution < -0.4 is 23.7 Å². The molecule has 0 unspecified atom stereocenters. The largest absolute Gasteiger partial charge is 0.497 e. The third-order valence-corrected chi connectivity index (χ3v) is 5.21. The van der Waals surface area contributed by atoms with Crippen molar-refractivity contribution in [2.45, 2.75) is 4.90 Å². The van der Waals surface area contributed by atoms with Crippen LogP contribution in [0.1, 0.15) is 10.4 Å². The summed E-state index contributed by atoms with van der Waals surface area (Å²) < 4.78 is 53.6. The average Bonchev–Trinajstić information content (AvgIpc) is 2.72. The van der Waals surface area contributed by atoms with E-state index in [1.54, 1.807) is 0 Å². The van der Waals surface area contributed by atoms with Crippen LogP contribution in [0.4, 0.5) is 5.69 Å². The number of methoxy groups -OCH3 is 5. The van der Waals surface area contributed by atoms with Crippen molar-refractivity contribution in [2.75, 3.05) is 40.3 Å². The number of hydrogen-bond acceptors (Lipinski definition) is 8. The van der Waals surface area contributed by atoms with Gasteiger partial charge >= 0.3 is 5.97 Å². The number of sulfonamides is 1. The van der Waals surface area contributed by atoms with E-state index in [0.717, 1.165) is 0 Å². The van der Waals surface area contributed by atoms with Gasteiger partial charge < -0.3 is 23.7 Å². The Bertz CT molecular complexity index is 955. The Morgan fingerprint density at radius 2 is 1.46 bits per heavy atom. The molecule has 10 heteroatoms. The van der Waals surface area contributed by atoms with E-state index >= 15 is 0 Å². The number of benzene rings is 2. The van der Waals surface area contributed by atoms with E-state index in [2.05, 4.69) is 4.72 Å². The molecular weight excluding hydrogens is 390 g/mol. The second kappa shape index (κ2) is 8.70. The minimum absolute atomic E-state index is 0.0284. The molecule has 0 fully saturated rings. The topological polar surface area (TPSA) is 109 Å². The summed E-state index contributed by atoms with van der Waals surface area (Å²) in [5.41, 5.74) is -0.239. The summed E-state index contributed by atoms with van der Waals surface area (Å²) in [6.07, 6.45) is 0. The molecule has 1 N–H and O–H groups in total. The maximum absolute atomic E-state index is 12.9. The van der Waals surface area contributed by atoms with Gasteiger partial charge in [-0.2, -0.15) is 0 Å². The molecule has 9 nitrogen and oxygen atoms in total. The van der Waals surface area contributed by atoms with Gasteiger partial charge in [0.05, 0.1) is 46.0 Å². The first-order valence-electron chi connectivity index (χ1n) is 7.91. The lowest BCUT2D eigenvalue weighted by atomic mass is 10.1. The first kappa shape index (κ1) is 21.2. The molecule has 0 saturated heterocycles. The molecule has 0 spiro atoms. The van der Waals surface area contributed by atoms with Gasteiger partial charge in [0.25, 0.3) is 10.0 Å². The van der Waals surface area contributed by atoms with Crippen LogP contribution >= 0.6 is 0 Å². The summed E-state index contributed by atoms with van der Waals surface area (Å²) in [4.78, 5) is 12.2. The Morgan fingerprint density at radius 3 is 1.93 bits per heavy atom. The molecule has 0 aliphatic rings. The zero-order valence-corrected chi connectivity index (χ0v) is 16.9. The number of nitrogens with one attached hydrogen (secondary N) is 1. The van der Waals surface area contributed by atoms with Crippen LogP contribution in [-0.2, 0) is 14.8 Å². The van der Waals surface area contributed by atoms with Crippen LogP contribution in [-0.4, -0.2) is 49.9 Å². The number of esters is 1. The Hall–Kier alpha value is -3.14. The average molecular weight is 411 g/mol. The maximum Gasteiger partial charge on any atom is 0.340 e. The number of hydrogen-bond donors (Lipinski definition) is 1. The van der Waals surface area contributed by atoms with E-state index < -0.39 is 16.0 Å². The first-order valence-corrected chi connectivity index (χ1v) is 9.39. The number of carbonyl (C=O) groups excluding carboxylic acids is 1. The Morgan fingerprint density at radius 1 is 0.857 bits per heavy atom. The van der Waals surface area contributed by atoms with Gasteiger partial charge in [0.2, 0.25) is 5.75 Å². The molecule has 0 atom stereocenters. The lowest BCUT2D eigenvalue weighted by Crippen LogP contribution is -2.17. The van der Waals surface area contributed by atoms with Crippen molar-refractivity contribution >= 4 is 21.7 Å². The molecule has 2 aromatic rings. The first-order chi connectivity index (χ1) is 13.3. The number of rotatable bonds is 8. The molecule has 0 amide bonds. The van der Waals surface area contributed by atoms with Crippen LogP contribution in [0.25, 0.3) is 0 Å². The Kier molecular flexibility index (Phi) is 6.57. The molecule has 0 radical (unpaired) electrons. The van der Waals surface area contributed by atoms with Gasteiger partial charge in [-0.15, -0.1) is 0 Å². The van der Waals surface area contributed by atoms with Crippen molar-refractivity contribution < 1.29 is 36.9 Å². The van der Waals surface area contributed by atoms with E-state index in [1.807, 2.05) is 0 Å². The van der Waals surface area contributed by atoms with Crippen LogP contribution in [0.3, 0.4) is 0 Å². The molecular formula is C18H21NO8S. The molecule has 28 heavy (non-hydrogen) atoms. The third kappa shape index (κ3) is 4.06. The molecule has 0 bridgehead atoms. The molecule has 0 aromatic heterocycles. The summed E-state index contributed by atoms with van der Waals surface area (Å²) in [5, 5.41) is 0. The summed E-state index contributed by atoms with van der Waals surface area (Å²) in [6.45, 7) is 0. The maximum atomic E-state index is 12.9. The summed E-state index contributed by atoms with van der Waals surface area (Å²) in [7, 11) is 2.62. The SMILES string of the molecule is COC(=O)c1cc(OC)c(OC)c(OC)c1NS(=O)(=O)c1ccc(OC)cc1. The fourth-order valence-corrected chi connectivity index (χ4v) is 3.56. The number of anilines is 1. The van der Waals surface area contributed by atoms with Crippen molar-refractivity contribution in [1.29, 1.82) is 0 Å². The van der Waals surface area contributed by atoms with Gasteiger partial charge in [-0.1, -0.05) is 0 Å². The fraction of sp³-hybridized carbons (Fsp3) is 0.278. The second-order valence-electron chi connectivity index (χ2n) is 5.34. The summed E-state index contributed by atoms with van der Waals surface area (Å²) in [6, 6.07) is 7.04. The molecule has 0 saturated carbocycles. The van der Waals surface area contributed by atoms with Gasteiger partial charge in [-0.3, -0.25) is 4.72 Å². The van der Waals surface area contributed by atoms with Crippen LogP contribution in [0.2, 0.25) is 0 Å². The van der Waals surface area contributed by atoms with Crippen LogP contribution in [0.5, 0.6) is 23.0 Å². The van der Waals surface area contributed by atoms with Crippen molar-refractivity contribution in [2.24, 2.45) is 0 Å². The lowest BCUT2D eigenvalue weighted by Gasteiger charge is -2.19. The fourth-order valence-electron chi connectivity index (χ4n) is 2.48. The third-order valence-electron chi connectivity index (χ3n) is 3.84. The molecule has 0 aliphatic carbocycles. The predicted molar refractivity (Wildman–Crippen MR) is 101 cm³/mol. The highest BCUT2D eigenvalue weighted by atomic mass is 32.2. The molecule has 0 aliphatic heterocycles. The highest BCUT2D eigenvalue weighted by molar-refractivity contribution is 7.92. The number of carbonyl (C=O) groups is 1. The van der Waals surface area contributed by atoms with Crippen molar-refractivity contribution in [3.8, 4) is 23.0 Å². The van der Waals surface area contributed by atoms with E-state index in [4.69, 9.17) is 23.7 Å². The monoisotopic (exact) mass is 411 g/mol. The molecule has 0 heterocycles. The summed E-state index contributed by atoms with van der Waals surface area (Å²) in [5.74, 6) is -0.0267. The van der Waals surface area contributed by atoms with Gasteiger partial charge in [-0.05, 0) is 24.3 Å². The Balaban J connectivity index is 2.65. The number of ether oxygens (including phenoxy) is 5. The smallest absolute Gasteiger partial charge is 0.340 e. The standard InChI is InChI=1S/C18H21NO8S/c1-23-11-6-8-12(9-7-11)28(21,22)19-15-13(18(20)27-5)10-14(24-2)16(25-3)17(15)26-4/h6-10,19H,1-5H3. The second-order valence-corrected chi connectivity index (χ2v) is 7.02. The highest BCUT2D eigenvalue weighted by Crippen LogP contribution is 2.46. The van der Waals surface area contributed by atoms with E-state index in [0.29, 0.717) is 5.75 Å². The van der Waals surface area contributed by atoms with E-state index in [-0.39, 0.29) is 33.4 Å². The highest BCUT2D eigenvalue weighted by Gasteiger charge is 2.28. The minimum Gasteiger partial charge on any atom is -0.497 e. The zero-order valence-electron chi connectivity index (χ0n) is 16.1. The lowest BCUT2D eigenvalue weighted by molar-refractivity contribution is 0.0601. The minimum atomic E-state index is -4.07. The van der Waals surface area contributed by atoms with Gasteiger partial charge in [-0.25, -0.2) is 13.2 Å². The van der Waals surface area contributed by atoms with Crippen molar-refractivity contribution in [1.82, 2.24) is 0 Å². The van der Waals surface area contributed by atoms with Crippen LogP contribution in [0.15, 0.2) is 35.2 Å². The zero-order chi connectivity index (χ0) is 20.9.